The first-order valence-corrected chi connectivity index (χ1v) is 7.73. The third-order valence-electron chi connectivity index (χ3n) is 4.08. The van der Waals surface area contributed by atoms with Gasteiger partial charge in [-0.25, -0.2) is 8.78 Å². The van der Waals surface area contributed by atoms with Crippen molar-refractivity contribution >= 4 is 5.69 Å². The molecule has 0 atom stereocenters. The molecule has 0 amide bonds. The lowest BCUT2D eigenvalue weighted by atomic mass is 10.2. The van der Waals surface area contributed by atoms with Gasteiger partial charge >= 0.3 is 0 Å². The summed E-state index contributed by atoms with van der Waals surface area (Å²) in [4.78, 5) is 4.04. The first-order valence-electron chi connectivity index (χ1n) is 7.73. The highest BCUT2D eigenvalue weighted by Crippen LogP contribution is 2.28. The number of hydrogen-bond acceptors (Lipinski definition) is 3. The van der Waals surface area contributed by atoms with Crippen LogP contribution in [-0.2, 0) is 6.61 Å². The summed E-state index contributed by atoms with van der Waals surface area (Å²) in [5.41, 5.74) is 1.22. The zero-order valence-corrected chi connectivity index (χ0v) is 13.1. The Labute approximate surface area is 135 Å². The summed E-state index contributed by atoms with van der Waals surface area (Å²) in [5, 5.41) is 0. The Kier molecular flexibility index (Phi) is 4.76. The van der Waals surface area contributed by atoms with Crippen LogP contribution in [0.25, 0.3) is 0 Å². The minimum atomic E-state index is -0.531. The lowest BCUT2D eigenvalue weighted by Gasteiger charge is -2.34. The second kappa shape index (κ2) is 6.96. The largest absolute Gasteiger partial charge is 0.486 e. The average Bonchev–Trinajstić information content (AvgIpc) is 2.57. The Hall–Kier alpha value is -2.14. The van der Waals surface area contributed by atoms with Crippen LogP contribution in [0.3, 0.4) is 0 Å². The van der Waals surface area contributed by atoms with Crippen molar-refractivity contribution in [2.75, 3.05) is 38.1 Å². The monoisotopic (exact) mass is 318 g/mol. The van der Waals surface area contributed by atoms with Crippen molar-refractivity contribution in [1.29, 1.82) is 0 Å². The van der Waals surface area contributed by atoms with Crippen LogP contribution in [0.2, 0.25) is 0 Å². The van der Waals surface area contributed by atoms with E-state index in [1.54, 1.807) is 0 Å². The summed E-state index contributed by atoms with van der Waals surface area (Å²) in [7, 11) is 2.02. The number of rotatable bonds is 4. The van der Waals surface area contributed by atoms with E-state index in [2.05, 4.69) is 4.90 Å². The van der Waals surface area contributed by atoms with Crippen LogP contribution in [0.4, 0.5) is 14.5 Å². The number of piperazine rings is 1. The summed E-state index contributed by atoms with van der Waals surface area (Å²) in [6.07, 6.45) is 0. The van der Waals surface area contributed by atoms with Crippen molar-refractivity contribution in [1.82, 2.24) is 4.90 Å². The van der Waals surface area contributed by atoms with Crippen LogP contribution in [-0.4, -0.2) is 38.1 Å². The first-order chi connectivity index (χ1) is 11.1. The molecule has 1 heterocycles. The minimum absolute atomic E-state index is 0.0516. The molecule has 0 spiro atoms. The normalized spacial score (nSPS) is 15.7. The van der Waals surface area contributed by atoms with E-state index in [0.29, 0.717) is 18.8 Å². The highest BCUT2D eigenvalue weighted by molar-refractivity contribution is 5.51. The maximum Gasteiger partial charge on any atom is 0.167 e. The fourth-order valence-corrected chi connectivity index (χ4v) is 2.65. The molecule has 0 N–H and O–H groups in total. The third-order valence-corrected chi connectivity index (χ3v) is 4.08. The number of hydrogen-bond donors (Lipinski definition) is 0. The second-order valence-electron chi connectivity index (χ2n) is 5.80. The molecule has 1 saturated heterocycles. The molecule has 3 rings (SSSR count). The van der Waals surface area contributed by atoms with Gasteiger partial charge in [0.25, 0.3) is 0 Å². The molecule has 2 aromatic carbocycles. The van der Waals surface area contributed by atoms with Gasteiger partial charge in [-0.3, -0.25) is 0 Å². The summed E-state index contributed by atoms with van der Waals surface area (Å²) >= 11 is 0. The van der Waals surface area contributed by atoms with Gasteiger partial charge in [0.05, 0.1) is 5.69 Å². The van der Waals surface area contributed by atoms with Gasteiger partial charge in [-0.15, -0.1) is 0 Å². The molecular weight excluding hydrogens is 298 g/mol. The first kappa shape index (κ1) is 15.7. The molecule has 0 saturated carbocycles. The number of ether oxygens (including phenoxy) is 1. The zero-order chi connectivity index (χ0) is 16.2. The molecule has 0 unspecified atom stereocenters. The van der Waals surface area contributed by atoms with Crippen molar-refractivity contribution in [3.63, 3.8) is 0 Å². The average molecular weight is 318 g/mol. The number of nitrogens with zero attached hydrogens (tertiary/aromatic N) is 2. The number of halogens is 2. The van der Waals surface area contributed by atoms with Gasteiger partial charge < -0.3 is 14.5 Å². The van der Waals surface area contributed by atoms with E-state index >= 15 is 0 Å². The van der Waals surface area contributed by atoms with E-state index in [4.69, 9.17) is 4.74 Å². The Morgan fingerprint density at radius 2 is 1.65 bits per heavy atom. The molecule has 2 aromatic rings. The fraction of sp³-hybridized carbons (Fsp3) is 0.333. The Morgan fingerprint density at radius 3 is 2.35 bits per heavy atom. The van der Waals surface area contributed by atoms with Crippen molar-refractivity contribution in [2.24, 2.45) is 0 Å². The quantitative estimate of drug-likeness (QED) is 0.860. The number of benzene rings is 2. The zero-order valence-electron chi connectivity index (χ0n) is 13.1. The van der Waals surface area contributed by atoms with Gasteiger partial charge in [0.2, 0.25) is 0 Å². The van der Waals surface area contributed by atoms with Gasteiger partial charge in [-0.2, -0.15) is 0 Å². The SMILES string of the molecule is CN1CCN(c2cc(F)c(OCc3ccccc3)cc2F)CC1. The Balaban J connectivity index is 1.72. The van der Waals surface area contributed by atoms with Crippen LogP contribution < -0.4 is 9.64 Å². The van der Waals surface area contributed by atoms with E-state index in [1.165, 1.54) is 6.07 Å². The molecule has 1 aliphatic rings. The van der Waals surface area contributed by atoms with Gasteiger partial charge in [-0.05, 0) is 12.6 Å². The van der Waals surface area contributed by atoms with Crippen LogP contribution >= 0.6 is 0 Å². The van der Waals surface area contributed by atoms with E-state index < -0.39 is 11.6 Å². The third kappa shape index (κ3) is 3.79. The second-order valence-corrected chi connectivity index (χ2v) is 5.80. The Morgan fingerprint density at radius 1 is 0.957 bits per heavy atom. The topological polar surface area (TPSA) is 15.7 Å². The molecule has 1 aliphatic heterocycles. The number of anilines is 1. The Bertz CT molecular complexity index is 656. The lowest BCUT2D eigenvalue weighted by molar-refractivity contribution is 0.287. The maximum absolute atomic E-state index is 14.3. The van der Waals surface area contributed by atoms with Crippen molar-refractivity contribution in [3.8, 4) is 5.75 Å². The highest BCUT2D eigenvalue weighted by Gasteiger charge is 2.20. The predicted octanol–water partition coefficient (Wildman–Crippen LogP) is 3.30. The molecule has 5 heteroatoms. The van der Waals surface area contributed by atoms with E-state index in [1.807, 2.05) is 42.3 Å². The van der Waals surface area contributed by atoms with Crippen LogP contribution in [0, 0.1) is 11.6 Å². The summed E-state index contributed by atoms with van der Waals surface area (Å²) in [6, 6.07) is 11.8. The van der Waals surface area contributed by atoms with Crippen molar-refractivity contribution < 1.29 is 13.5 Å². The van der Waals surface area contributed by atoms with E-state index in [-0.39, 0.29) is 12.4 Å². The standard InChI is InChI=1S/C18H20F2N2O/c1-21-7-9-22(10-8-21)17-11-16(20)18(12-15(17)19)23-13-14-5-3-2-4-6-14/h2-6,11-12H,7-10,13H2,1H3. The minimum Gasteiger partial charge on any atom is -0.486 e. The lowest BCUT2D eigenvalue weighted by Crippen LogP contribution is -2.44. The molecule has 122 valence electrons. The van der Waals surface area contributed by atoms with E-state index in [0.717, 1.165) is 24.7 Å². The number of likely N-dealkylation sites (N-methyl/N-ethyl adjacent to an activating group) is 1. The van der Waals surface area contributed by atoms with Crippen molar-refractivity contribution in [2.45, 2.75) is 6.61 Å². The fourth-order valence-electron chi connectivity index (χ4n) is 2.65. The van der Waals surface area contributed by atoms with Crippen molar-refractivity contribution in [3.05, 3.63) is 59.7 Å². The van der Waals surface area contributed by atoms with Gasteiger partial charge in [0, 0.05) is 38.3 Å². The predicted molar refractivity (Wildman–Crippen MR) is 86.8 cm³/mol. The molecule has 3 nitrogen and oxygen atoms in total. The van der Waals surface area contributed by atoms with Crippen LogP contribution in [0.1, 0.15) is 5.56 Å². The van der Waals surface area contributed by atoms with Gasteiger partial charge in [-0.1, -0.05) is 30.3 Å². The molecule has 0 aromatic heterocycles. The molecule has 0 radical (unpaired) electrons. The molecule has 23 heavy (non-hydrogen) atoms. The molecule has 0 aliphatic carbocycles. The summed E-state index contributed by atoms with van der Waals surface area (Å²) in [5.74, 6) is -1.03. The molecule has 0 bridgehead atoms. The smallest absolute Gasteiger partial charge is 0.167 e. The van der Waals surface area contributed by atoms with Crippen LogP contribution in [0.5, 0.6) is 5.75 Å². The van der Waals surface area contributed by atoms with E-state index in [9.17, 15) is 8.78 Å². The molecular formula is C18H20F2N2O. The maximum atomic E-state index is 14.3. The highest BCUT2D eigenvalue weighted by atomic mass is 19.1. The summed E-state index contributed by atoms with van der Waals surface area (Å²) in [6.45, 7) is 3.28. The summed E-state index contributed by atoms with van der Waals surface area (Å²) < 4.78 is 34.0. The van der Waals surface area contributed by atoms with Crippen LogP contribution in [0.15, 0.2) is 42.5 Å². The van der Waals surface area contributed by atoms with Gasteiger partial charge in [0.15, 0.2) is 11.6 Å². The van der Waals surface area contributed by atoms with Gasteiger partial charge in [0.1, 0.15) is 12.4 Å². The molecule has 1 fully saturated rings.